The molecule has 0 bridgehead atoms. The fourth-order valence-corrected chi connectivity index (χ4v) is 2.35. The Morgan fingerprint density at radius 2 is 1.61 bits per heavy atom. The Morgan fingerprint density at radius 1 is 0.957 bits per heavy atom. The van der Waals surface area contributed by atoms with Gasteiger partial charge in [-0.15, -0.1) is 0 Å². The molecule has 0 amide bonds. The average molecular weight is 310 g/mol. The Morgan fingerprint density at radius 3 is 2.26 bits per heavy atom. The minimum absolute atomic E-state index is 0.653. The van der Waals surface area contributed by atoms with Gasteiger partial charge >= 0.3 is 0 Å². The molecule has 0 fully saturated rings. The Labute approximate surface area is 139 Å². The standard InChI is InChI=1S/C20H26N2O/c1-22(2)16-9-17-23-21-20(19-12-7-4-8-13-19)15-14-18-10-5-3-6-11-18/h3-8,10-13H,9,14-17H2,1-2H3/b21-20+. The molecule has 2 rings (SSSR count). The van der Waals surface area contributed by atoms with Crippen LogP contribution in [-0.4, -0.2) is 37.9 Å². The third-order valence-corrected chi connectivity index (χ3v) is 3.62. The fourth-order valence-electron chi connectivity index (χ4n) is 2.35. The van der Waals surface area contributed by atoms with Crippen molar-refractivity contribution >= 4 is 5.71 Å². The van der Waals surface area contributed by atoms with Crippen molar-refractivity contribution < 1.29 is 4.84 Å². The van der Waals surface area contributed by atoms with Crippen LogP contribution in [0.3, 0.4) is 0 Å². The van der Waals surface area contributed by atoms with E-state index >= 15 is 0 Å². The van der Waals surface area contributed by atoms with E-state index in [0.717, 1.165) is 37.1 Å². The summed E-state index contributed by atoms with van der Waals surface area (Å²) in [5.41, 5.74) is 3.47. The van der Waals surface area contributed by atoms with Gasteiger partial charge in [-0.3, -0.25) is 0 Å². The first kappa shape index (κ1) is 17.2. The maximum atomic E-state index is 5.55. The van der Waals surface area contributed by atoms with E-state index in [1.54, 1.807) is 0 Å². The summed E-state index contributed by atoms with van der Waals surface area (Å²) in [6, 6.07) is 20.8. The van der Waals surface area contributed by atoms with Gasteiger partial charge in [-0.2, -0.15) is 0 Å². The van der Waals surface area contributed by atoms with Crippen LogP contribution in [0.4, 0.5) is 0 Å². The summed E-state index contributed by atoms with van der Waals surface area (Å²) in [6.07, 6.45) is 2.83. The maximum absolute atomic E-state index is 5.55. The molecular formula is C20H26N2O. The van der Waals surface area contributed by atoms with E-state index in [9.17, 15) is 0 Å². The zero-order valence-corrected chi connectivity index (χ0v) is 14.1. The van der Waals surface area contributed by atoms with Crippen LogP contribution >= 0.6 is 0 Å². The summed E-state index contributed by atoms with van der Waals surface area (Å²) in [5.74, 6) is 0. The van der Waals surface area contributed by atoms with Gasteiger partial charge in [-0.25, -0.2) is 0 Å². The lowest BCUT2D eigenvalue weighted by Gasteiger charge is -2.10. The normalized spacial score (nSPS) is 11.7. The van der Waals surface area contributed by atoms with Crippen molar-refractivity contribution in [3.8, 4) is 0 Å². The Hall–Kier alpha value is -2.13. The number of nitrogens with zero attached hydrogens (tertiary/aromatic N) is 2. The number of hydrogen-bond acceptors (Lipinski definition) is 3. The second kappa shape index (κ2) is 9.80. The molecule has 0 saturated heterocycles. The number of hydrogen-bond donors (Lipinski definition) is 0. The van der Waals surface area contributed by atoms with Gasteiger partial charge in [0.05, 0.1) is 5.71 Å². The smallest absolute Gasteiger partial charge is 0.118 e. The van der Waals surface area contributed by atoms with Gasteiger partial charge in [-0.1, -0.05) is 65.8 Å². The van der Waals surface area contributed by atoms with Crippen LogP contribution in [-0.2, 0) is 11.3 Å². The second-order valence-electron chi connectivity index (χ2n) is 5.88. The number of benzene rings is 2. The van der Waals surface area contributed by atoms with Crippen LogP contribution in [0.15, 0.2) is 65.8 Å². The molecule has 0 heterocycles. The molecule has 0 aliphatic rings. The highest BCUT2D eigenvalue weighted by atomic mass is 16.6. The Kier molecular flexibility index (Phi) is 7.34. The molecule has 3 heteroatoms. The molecule has 0 unspecified atom stereocenters. The van der Waals surface area contributed by atoms with Crippen molar-refractivity contribution in [1.29, 1.82) is 0 Å². The van der Waals surface area contributed by atoms with Crippen LogP contribution in [0.5, 0.6) is 0 Å². The molecule has 23 heavy (non-hydrogen) atoms. The van der Waals surface area contributed by atoms with Gasteiger partial charge in [0.2, 0.25) is 0 Å². The molecule has 3 nitrogen and oxygen atoms in total. The number of rotatable bonds is 9. The van der Waals surface area contributed by atoms with E-state index in [1.165, 1.54) is 5.56 Å². The summed E-state index contributed by atoms with van der Waals surface area (Å²) >= 11 is 0. The van der Waals surface area contributed by atoms with E-state index < -0.39 is 0 Å². The molecule has 0 aromatic heterocycles. The second-order valence-corrected chi connectivity index (χ2v) is 5.88. The van der Waals surface area contributed by atoms with Gasteiger partial charge in [0.15, 0.2) is 0 Å². The van der Waals surface area contributed by atoms with Gasteiger partial charge in [0.25, 0.3) is 0 Å². The zero-order valence-electron chi connectivity index (χ0n) is 14.1. The minimum Gasteiger partial charge on any atom is -0.396 e. The Balaban J connectivity index is 1.95. The van der Waals surface area contributed by atoms with Crippen molar-refractivity contribution in [1.82, 2.24) is 4.90 Å². The third-order valence-electron chi connectivity index (χ3n) is 3.62. The molecule has 0 radical (unpaired) electrons. The van der Waals surface area contributed by atoms with Crippen molar-refractivity contribution in [2.75, 3.05) is 27.2 Å². The first-order chi connectivity index (χ1) is 11.3. The summed E-state index contributed by atoms with van der Waals surface area (Å²) in [6.45, 7) is 1.67. The van der Waals surface area contributed by atoms with E-state index in [0.29, 0.717) is 6.61 Å². The van der Waals surface area contributed by atoms with Gasteiger partial charge in [-0.05, 0) is 44.5 Å². The summed E-state index contributed by atoms with van der Waals surface area (Å²) in [7, 11) is 4.14. The van der Waals surface area contributed by atoms with Gasteiger partial charge < -0.3 is 9.74 Å². The largest absolute Gasteiger partial charge is 0.396 e. The first-order valence-corrected chi connectivity index (χ1v) is 8.18. The lowest BCUT2D eigenvalue weighted by molar-refractivity contribution is 0.134. The fraction of sp³-hybridized carbons (Fsp3) is 0.350. The lowest BCUT2D eigenvalue weighted by Crippen LogP contribution is -2.14. The zero-order chi connectivity index (χ0) is 16.3. The SMILES string of the molecule is CN(C)CCCO/N=C(\CCc1ccccc1)c1ccccc1. The Bertz CT molecular complexity index is 579. The number of oxime groups is 1. The van der Waals surface area contributed by atoms with Gasteiger partial charge in [0.1, 0.15) is 6.61 Å². The van der Waals surface area contributed by atoms with E-state index in [4.69, 9.17) is 4.84 Å². The van der Waals surface area contributed by atoms with Crippen molar-refractivity contribution in [2.24, 2.45) is 5.16 Å². The van der Waals surface area contributed by atoms with Crippen molar-refractivity contribution in [3.05, 3.63) is 71.8 Å². The molecular weight excluding hydrogens is 284 g/mol. The number of aryl methyl sites for hydroxylation is 1. The van der Waals surface area contributed by atoms with Crippen LogP contribution in [0.1, 0.15) is 24.0 Å². The first-order valence-electron chi connectivity index (χ1n) is 8.18. The molecule has 0 N–H and O–H groups in total. The average Bonchev–Trinajstić information content (AvgIpc) is 2.58. The highest BCUT2D eigenvalue weighted by Gasteiger charge is 2.05. The lowest BCUT2D eigenvalue weighted by atomic mass is 10.0. The monoisotopic (exact) mass is 310 g/mol. The maximum Gasteiger partial charge on any atom is 0.118 e. The van der Waals surface area contributed by atoms with E-state index in [2.05, 4.69) is 60.5 Å². The quantitative estimate of drug-likeness (QED) is 0.397. The minimum atomic E-state index is 0.653. The molecule has 0 saturated carbocycles. The summed E-state index contributed by atoms with van der Waals surface area (Å²) in [5, 5.41) is 4.40. The highest BCUT2D eigenvalue weighted by molar-refractivity contribution is 6.00. The van der Waals surface area contributed by atoms with Crippen LogP contribution in [0, 0.1) is 0 Å². The molecule has 0 aliphatic carbocycles. The van der Waals surface area contributed by atoms with E-state index in [1.807, 2.05) is 24.3 Å². The van der Waals surface area contributed by atoms with Crippen molar-refractivity contribution in [3.63, 3.8) is 0 Å². The molecule has 0 atom stereocenters. The van der Waals surface area contributed by atoms with Crippen molar-refractivity contribution in [2.45, 2.75) is 19.3 Å². The molecule has 2 aromatic rings. The molecule has 0 spiro atoms. The predicted octanol–water partition coefficient (Wildman–Crippen LogP) is 3.99. The molecule has 0 aliphatic heterocycles. The van der Waals surface area contributed by atoms with Crippen LogP contribution in [0.2, 0.25) is 0 Å². The highest BCUT2D eigenvalue weighted by Crippen LogP contribution is 2.10. The summed E-state index contributed by atoms with van der Waals surface area (Å²) < 4.78 is 0. The van der Waals surface area contributed by atoms with Crippen LogP contribution < -0.4 is 0 Å². The summed E-state index contributed by atoms with van der Waals surface area (Å²) in [4.78, 5) is 7.70. The third kappa shape index (κ3) is 6.66. The van der Waals surface area contributed by atoms with Crippen LogP contribution in [0.25, 0.3) is 0 Å². The predicted molar refractivity (Wildman–Crippen MR) is 96.9 cm³/mol. The van der Waals surface area contributed by atoms with Gasteiger partial charge in [0, 0.05) is 6.54 Å². The topological polar surface area (TPSA) is 24.8 Å². The molecule has 2 aromatic carbocycles. The molecule has 122 valence electrons. The van der Waals surface area contributed by atoms with E-state index in [-0.39, 0.29) is 0 Å².